The fourth-order valence-corrected chi connectivity index (χ4v) is 2.79. The van der Waals surface area contributed by atoms with Crippen LogP contribution in [-0.4, -0.2) is 25.0 Å². The molecule has 0 spiro atoms. The van der Waals surface area contributed by atoms with E-state index in [1.54, 1.807) is 0 Å². The predicted molar refractivity (Wildman–Crippen MR) is 120 cm³/mol. The van der Waals surface area contributed by atoms with Crippen LogP contribution >= 0.6 is 0 Å². The van der Waals surface area contributed by atoms with Crippen LogP contribution in [0.1, 0.15) is 52.4 Å². The summed E-state index contributed by atoms with van der Waals surface area (Å²) in [6, 6.07) is 14.8. The zero-order valence-electron chi connectivity index (χ0n) is 17.9. The van der Waals surface area contributed by atoms with E-state index in [1.807, 2.05) is 62.4 Å². The molecule has 2 N–H and O–H groups in total. The van der Waals surface area contributed by atoms with Crippen LogP contribution in [0, 0.1) is 0 Å². The molecule has 6 heteroatoms. The smallest absolute Gasteiger partial charge is 0.224 e. The fraction of sp³-hybridized carbons (Fsp3) is 0.417. The molecular formula is C24H32N2O4. The topological polar surface area (TPSA) is 76.7 Å². The molecule has 0 heterocycles. The highest BCUT2D eigenvalue weighted by Crippen LogP contribution is 2.19. The first-order valence-corrected chi connectivity index (χ1v) is 10.7. The Labute approximate surface area is 179 Å². The first-order chi connectivity index (χ1) is 14.6. The number of carbonyl (C=O) groups is 2. The van der Waals surface area contributed by atoms with Crippen molar-refractivity contribution in [2.75, 3.05) is 23.8 Å². The van der Waals surface area contributed by atoms with E-state index >= 15 is 0 Å². The molecule has 162 valence electrons. The molecule has 2 rings (SSSR count). The summed E-state index contributed by atoms with van der Waals surface area (Å²) < 4.78 is 11.1. The Balaban J connectivity index is 1.67. The van der Waals surface area contributed by atoms with Crippen molar-refractivity contribution in [3.05, 3.63) is 48.5 Å². The van der Waals surface area contributed by atoms with Crippen molar-refractivity contribution in [1.29, 1.82) is 0 Å². The number of rotatable bonds is 13. The van der Waals surface area contributed by atoms with E-state index in [4.69, 9.17) is 9.47 Å². The molecule has 0 saturated heterocycles. The van der Waals surface area contributed by atoms with Crippen LogP contribution in [0.3, 0.4) is 0 Å². The Hall–Kier alpha value is -3.02. The van der Waals surface area contributed by atoms with Gasteiger partial charge in [0.15, 0.2) is 0 Å². The number of anilines is 2. The second-order valence-electron chi connectivity index (χ2n) is 7.06. The van der Waals surface area contributed by atoms with Gasteiger partial charge in [-0.3, -0.25) is 9.59 Å². The van der Waals surface area contributed by atoms with Gasteiger partial charge in [0.05, 0.1) is 13.2 Å². The highest BCUT2D eigenvalue weighted by atomic mass is 16.5. The van der Waals surface area contributed by atoms with E-state index in [-0.39, 0.29) is 11.8 Å². The molecule has 0 bridgehead atoms. The summed E-state index contributed by atoms with van der Waals surface area (Å²) in [5, 5.41) is 5.75. The van der Waals surface area contributed by atoms with Crippen LogP contribution in [0.4, 0.5) is 11.4 Å². The highest BCUT2D eigenvalue weighted by molar-refractivity contribution is 5.92. The van der Waals surface area contributed by atoms with Crippen LogP contribution in [0.5, 0.6) is 11.5 Å². The van der Waals surface area contributed by atoms with Gasteiger partial charge in [-0.15, -0.1) is 0 Å². The molecule has 6 nitrogen and oxygen atoms in total. The number of ether oxygens (including phenoxy) is 2. The molecule has 0 saturated carbocycles. The standard InChI is InChI=1S/C24H32N2O4/c1-3-15-29-21-11-7-9-19(17-21)25-23(27)13-5-6-14-24(28)26-20-10-8-12-22(18-20)30-16-4-2/h7-12,17-18H,3-6,13-16H2,1-2H3,(H,25,27)(H,26,28). The maximum Gasteiger partial charge on any atom is 0.224 e. The third-order valence-electron chi connectivity index (χ3n) is 4.24. The Morgan fingerprint density at radius 1 is 0.733 bits per heavy atom. The van der Waals surface area contributed by atoms with Gasteiger partial charge in [-0.1, -0.05) is 26.0 Å². The van der Waals surface area contributed by atoms with Crippen molar-refractivity contribution in [2.45, 2.75) is 52.4 Å². The molecule has 2 aromatic rings. The largest absolute Gasteiger partial charge is 0.494 e. The summed E-state index contributed by atoms with van der Waals surface area (Å²) in [7, 11) is 0. The van der Waals surface area contributed by atoms with Crippen LogP contribution in [0.15, 0.2) is 48.5 Å². The number of hydrogen-bond acceptors (Lipinski definition) is 4. The van der Waals surface area contributed by atoms with E-state index in [0.717, 1.165) is 35.7 Å². The summed E-state index contributed by atoms with van der Waals surface area (Å²) in [5.41, 5.74) is 1.44. The second-order valence-corrected chi connectivity index (χ2v) is 7.06. The van der Waals surface area contributed by atoms with E-state index < -0.39 is 0 Å². The van der Waals surface area contributed by atoms with Crippen molar-refractivity contribution in [2.24, 2.45) is 0 Å². The maximum atomic E-state index is 12.1. The molecule has 0 atom stereocenters. The maximum absolute atomic E-state index is 12.1. The lowest BCUT2D eigenvalue weighted by molar-refractivity contribution is -0.118. The van der Waals surface area contributed by atoms with E-state index in [2.05, 4.69) is 10.6 Å². The Kier molecular flexibility index (Phi) is 10.3. The lowest BCUT2D eigenvalue weighted by atomic mass is 10.1. The van der Waals surface area contributed by atoms with Gasteiger partial charge in [-0.2, -0.15) is 0 Å². The van der Waals surface area contributed by atoms with E-state index in [9.17, 15) is 9.59 Å². The number of hydrogen-bond donors (Lipinski definition) is 2. The number of carbonyl (C=O) groups excluding carboxylic acids is 2. The molecule has 0 aliphatic heterocycles. The van der Waals surface area contributed by atoms with Gasteiger partial charge in [0, 0.05) is 36.3 Å². The van der Waals surface area contributed by atoms with Crippen LogP contribution in [-0.2, 0) is 9.59 Å². The fourth-order valence-electron chi connectivity index (χ4n) is 2.79. The van der Waals surface area contributed by atoms with Crippen molar-refractivity contribution >= 4 is 23.2 Å². The molecule has 2 aromatic carbocycles. The van der Waals surface area contributed by atoms with Gasteiger partial charge in [0.25, 0.3) is 0 Å². The second kappa shape index (κ2) is 13.2. The molecule has 0 radical (unpaired) electrons. The van der Waals surface area contributed by atoms with Gasteiger partial charge in [-0.25, -0.2) is 0 Å². The SMILES string of the molecule is CCCOc1cccc(NC(=O)CCCCC(=O)Nc2cccc(OCCC)c2)c1. The molecular weight excluding hydrogens is 380 g/mol. The summed E-state index contributed by atoms with van der Waals surface area (Å²) in [4.78, 5) is 24.3. The molecule has 2 amide bonds. The van der Waals surface area contributed by atoms with Crippen LogP contribution in [0.2, 0.25) is 0 Å². The molecule has 0 unspecified atom stereocenters. The number of unbranched alkanes of at least 4 members (excludes halogenated alkanes) is 1. The number of amides is 2. The number of benzene rings is 2. The zero-order valence-corrected chi connectivity index (χ0v) is 17.9. The lowest BCUT2D eigenvalue weighted by Gasteiger charge is -2.09. The van der Waals surface area contributed by atoms with Gasteiger partial charge >= 0.3 is 0 Å². The third kappa shape index (κ3) is 8.99. The average molecular weight is 413 g/mol. The minimum atomic E-state index is -0.0659. The Morgan fingerprint density at radius 2 is 1.17 bits per heavy atom. The van der Waals surface area contributed by atoms with Crippen molar-refractivity contribution in [1.82, 2.24) is 0 Å². The quantitative estimate of drug-likeness (QED) is 0.432. The van der Waals surface area contributed by atoms with E-state index in [1.165, 1.54) is 0 Å². The van der Waals surface area contributed by atoms with E-state index in [0.29, 0.717) is 38.9 Å². The first kappa shape index (κ1) is 23.3. The van der Waals surface area contributed by atoms with Gasteiger partial charge in [0.1, 0.15) is 11.5 Å². The number of nitrogens with one attached hydrogen (secondary N) is 2. The highest BCUT2D eigenvalue weighted by Gasteiger charge is 2.07. The average Bonchev–Trinajstić information content (AvgIpc) is 2.74. The van der Waals surface area contributed by atoms with Gasteiger partial charge < -0.3 is 20.1 Å². The third-order valence-corrected chi connectivity index (χ3v) is 4.24. The monoisotopic (exact) mass is 412 g/mol. The molecule has 0 aromatic heterocycles. The molecule has 0 aliphatic rings. The predicted octanol–water partition coefficient (Wildman–Crippen LogP) is 5.40. The van der Waals surface area contributed by atoms with Crippen LogP contribution < -0.4 is 20.1 Å². The van der Waals surface area contributed by atoms with Gasteiger partial charge in [0.2, 0.25) is 11.8 Å². The van der Waals surface area contributed by atoms with Crippen LogP contribution in [0.25, 0.3) is 0 Å². The molecule has 0 aliphatic carbocycles. The summed E-state index contributed by atoms with van der Waals surface area (Å²) in [6.45, 7) is 5.39. The summed E-state index contributed by atoms with van der Waals surface area (Å²) >= 11 is 0. The Morgan fingerprint density at radius 3 is 1.57 bits per heavy atom. The minimum absolute atomic E-state index is 0.0659. The van der Waals surface area contributed by atoms with Gasteiger partial charge in [-0.05, 0) is 49.9 Å². The van der Waals surface area contributed by atoms with Crippen molar-refractivity contribution < 1.29 is 19.1 Å². The van der Waals surface area contributed by atoms with Crippen molar-refractivity contribution in [3.63, 3.8) is 0 Å². The zero-order chi connectivity index (χ0) is 21.6. The normalized spacial score (nSPS) is 10.3. The van der Waals surface area contributed by atoms with Crippen molar-refractivity contribution in [3.8, 4) is 11.5 Å². The summed E-state index contributed by atoms with van der Waals surface area (Å²) in [5.74, 6) is 1.36. The Bertz CT molecular complexity index is 740. The molecule has 30 heavy (non-hydrogen) atoms. The molecule has 0 fully saturated rings. The first-order valence-electron chi connectivity index (χ1n) is 10.7. The minimum Gasteiger partial charge on any atom is -0.494 e. The summed E-state index contributed by atoms with van der Waals surface area (Å²) in [6.07, 6.45) is 3.89. The lowest BCUT2D eigenvalue weighted by Crippen LogP contribution is -2.13.